The van der Waals surface area contributed by atoms with E-state index in [0.717, 1.165) is 42.1 Å². The van der Waals surface area contributed by atoms with E-state index in [1.165, 1.54) is 11.5 Å². The molecule has 1 unspecified atom stereocenters. The van der Waals surface area contributed by atoms with Crippen LogP contribution in [0.15, 0.2) is 24.5 Å². The van der Waals surface area contributed by atoms with Crippen LogP contribution in [0.1, 0.15) is 12.8 Å². The van der Waals surface area contributed by atoms with E-state index in [9.17, 15) is 0 Å². The second-order valence-corrected chi connectivity index (χ2v) is 5.85. The van der Waals surface area contributed by atoms with Crippen molar-refractivity contribution in [1.29, 1.82) is 0 Å². The SMILES string of the molecule is Nc1nsc(N2CCC(CCO)C2)c1-c1ccncc1. The molecule has 2 aromatic heterocycles. The van der Waals surface area contributed by atoms with Crippen LogP contribution in [-0.2, 0) is 0 Å². The number of aliphatic hydroxyl groups is 1. The Kier molecular flexibility index (Phi) is 3.84. The monoisotopic (exact) mass is 290 g/mol. The number of nitrogen functional groups attached to an aromatic ring is 1. The lowest BCUT2D eigenvalue weighted by Crippen LogP contribution is -2.19. The summed E-state index contributed by atoms with van der Waals surface area (Å²) in [4.78, 5) is 6.39. The van der Waals surface area contributed by atoms with Gasteiger partial charge in [0.25, 0.3) is 0 Å². The molecule has 1 atom stereocenters. The molecule has 3 rings (SSSR count). The summed E-state index contributed by atoms with van der Waals surface area (Å²) >= 11 is 1.46. The summed E-state index contributed by atoms with van der Waals surface area (Å²) in [5.74, 6) is 1.15. The van der Waals surface area contributed by atoms with Crippen LogP contribution < -0.4 is 10.6 Å². The molecule has 6 heteroatoms. The van der Waals surface area contributed by atoms with Crippen LogP contribution in [0.3, 0.4) is 0 Å². The summed E-state index contributed by atoms with van der Waals surface area (Å²) < 4.78 is 4.32. The van der Waals surface area contributed by atoms with Crippen LogP contribution in [0.5, 0.6) is 0 Å². The molecule has 1 aliphatic heterocycles. The average molecular weight is 290 g/mol. The van der Waals surface area contributed by atoms with Crippen molar-refractivity contribution in [3.05, 3.63) is 24.5 Å². The third kappa shape index (κ3) is 2.48. The molecule has 0 aromatic carbocycles. The fourth-order valence-corrected chi connectivity index (χ4v) is 3.61. The standard InChI is InChI=1S/C14H18N4OS/c15-13-12(11-1-5-16-6-2-11)14(20-17-13)18-7-3-10(9-18)4-8-19/h1-2,5-6,10,19H,3-4,7-9H2,(H2,15,17). The Morgan fingerprint density at radius 3 is 2.95 bits per heavy atom. The Morgan fingerprint density at radius 1 is 1.40 bits per heavy atom. The number of hydrogen-bond acceptors (Lipinski definition) is 6. The highest BCUT2D eigenvalue weighted by atomic mass is 32.1. The lowest BCUT2D eigenvalue weighted by atomic mass is 10.1. The molecule has 1 aliphatic rings. The quantitative estimate of drug-likeness (QED) is 0.900. The predicted octanol–water partition coefficient (Wildman–Crippen LogP) is 2.00. The minimum Gasteiger partial charge on any atom is -0.396 e. The van der Waals surface area contributed by atoms with E-state index in [-0.39, 0.29) is 6.61 Å². The molecule has 0 amide bonds. The van der Waals surface area contributed by atoms with E-state index >= 15 is 0 Å². The number of aliphatic hydroxyl groups excluding tert-OH is 1. The van der Waals surface area contributed by atoms with Crippen LogP contribution in [0.25, 0.3) is 11.1 Å². The van der Waals surface area contributed by atoms with Crippen molar-refractivity contribution in [2.45, 2.75) is 12.8 Å². The van der Waals surface area contributed by atoms with Gasteiger partial charge in [0.2, 0.25) is 0 Å². The summed E-state index contributed by atoms with van der Waals surface area (Å²) in [6.07, 6.45) is 5.53. The number of hydrogen-bond donors (Lipinski definition) is 2. The van der Waals surface area contributed by atoms with Gasteiger partial charge in [0.05, 0.1) is 5.56 Å². The topological polar surface area (TPSA) is 75.3 Å². The van der Waals surface area contributed by atoms with Crippen molar-refractivity contribution < 1.29 is 5.11 Å². The van der Waals surface area contributed by atoms with Crippen molar-refractivity contribution in [2.75, 3.05) is 30.3 Å². The molecule has 3 N–H and O–H groups in total. The predicted molar refractivity (Wildman–Crippen MR) is 81.8 cm³/mol. The first-order chi connectivity index (χ1) is 9.79. The number of rotatable bonds is 4. The molecular formula is C14H18N4OS. The Balaban J connectivity index is 1.89. The van der Waals surface area contributed by atoms with E-state index in [0.29, 0.717) is 11.7 Å². The Labute approximate surface area is 122 Å². The summed E-state index contributed by atoms with van der Waals surface area (Å²) in [7, 11) is 0. The molecule has 3 heterocycles. The van der Waals surface area contributed by atoms with Crippen LogP contribution in [0, 0.1) is 5.92 Å². The summed E-state index contributed by atoms with van der Waals surface area (Å²) in [6, 6.07) is 3.93. The third-order valence-electron chi connectivity index (χ3n) is 3.78. The van der Waals surface area contributed by atoms with E-state index in [1.807, 2.05) is 12.1 Å². The molecule has 0 spiro atoms. The second kappa shape index (κ2) is 5.76. The highest BCUT2D eigenvalue weighted by molar-refractivity contribution is 7.11. The van der Waals surface area contributed by atoms with E-state index in [4.69, 9.17) is 10.8 Å². The molecule has 0 saturated carbocycles. The lowest BCUT2D eigenvalue weighted by Gasteiger charge is -2.18. The molecule has 0 radical (unpaired) electrons. The van der Waals surface area contributed by atoms with Gasteiger partial charge in [-0.3, -0.25) is 4.98 Å². The maximum atomic E-state index is 9.07. The van der Waals surface area contributed by atoms with Gasteiger partial charge in [0.15, 0.2) is 0 Å². The van der Waals surface area contributed by atoms with Crippen LogP contribution >= 0.6 is 11.5 Å². The number of aromatic nitrogens is 2. The first-order valence-corrected chi connectivity index (χ1v) is 7.58. The normalized spacial score (nSPS) is 18.6. The van der Waals surface area contributed by atoms with Gasteiger partial charge in [-0.25, -0.2) is 0 Å². The average Bonchev–Trinajstić information content (AvgIpc) is 3.07. The molecule has 1 saturated heterocycles. The number of nitrogens with zero attached hydrogens (tertiary/aromatic N) is 3. The van der Waals surface area contributed by atoms with Crippen molar-refractivity contribution in [2.24, 2.45) is 5.92 Å². The van der Waals surface area contributed by atoms with Crippen molar-refractivity contribution in [3.63, 3.8) is 0 Å². The summed E-state index contributed by atoms with van der Waals surface area (Å²) in [5, 5.41) is 10.2. The minimum absolute atomic E-state index is 0.264. The molecule has 20 heavy (non-hydrogen) atoms. The lowest BCUT2D eigenvalue weighted by molar-refractivity contribution is 0.263. The second-order valence-electron chi connectivity index (χ2n) is 5.10. The fourth-order valence-electron chi connectivity index (χ4n) is 2.73. The molecule has 1 fully saturated rings. The smallest absolute Gasteiger partial charge is 0.147 e. The largest absolute Gasteiger partial charge is 0.396 e. The zero-order chi connectivity index (χ0) is 13.9. The van der Waals surface area contributed by atoms with Crippen LogP contribution in [0.2, 0.25) is 0 Å². The van der Waals surface area contributed by atoms with Gasteiger partial charge in [0.1, 0.15) is 10.8 Å². The van der Waals surface area contributed by atoms with Crippen molar-refractivity contribution in [1.82, 2.24) is 9.36 Å². The fraction of sp³-hybridized carbons (Fsp3) is 0.429. The number of nitrogens with two attached hydrogens (primary N) is 1. The molecular weight excluding hydrogens is 272 g/mol. The van der Waals surface area contributed by atoms with Crippen molar-refractivity contribution in [3.8, 4) is 11.1 Å². The Hall–Kier alpha value is -1.66. The van der Waals surface area contributed by atoms with Gasteiger partial charge in [0, 0.05) is 32.1 Å². The number of anilines is 2. The zero-order valence-electron chi connectivity index (χ0n) is 11.2. The van der Waals surface area contributed by atoms with E-state index in [1.54, 1.807) is 12.4 Å². The zero-order valence-corrected chi connectivity index (χ0v) is 12.0. The molecule has 2 aromatic rings. The third-order valence-corrected chi connectivity index (χ3v) is 4.70. The van der Waals surface area contributed by atoms with Gasteiger partial charge < -0.3 is 15.7 Å². The van der Waals surface area contributed by atoms with Gasteiger partial charge in [-0.05, 0) is 48.0 Å². The molecule has 5 nitrogen and oxygen atoms in total. The maximum Gasteiger partial charge on any atom is 0.147 e. The van der Waals surface area contributed by atoms with E-state index < -0.39 is 0 Å². The Morgan fingerprint density at radius 2 is 2.20 bits per heavy atom. The van der Waals surface area contributed by atoms with Gasteiger partial charge >= 0.3 is 0 Å². The number of pyridine rings is 1. The molecule has 0 bridgehead atoms. The van der Waals surface area contributed by atoms with E-state index in [2.05, 4.69) is 14.3 Å². The first-order valence-electron chi connectivity index (χ1n) is 6.81. The molecule has 0 aliphatic carbocycles. The van der Waals surface area contributed by atoms with Gasteiger partial charge in [-0.2, -0.15) is 4.37 Å². The van der Waals surface area contributed by atoms with Gasteiger partial charge in [-0.1, -0.05) is 0 Å². The highest BCUT2D eigenvalue weighted by Gasteiger charge is 2.26. The summed E-state index contributed by atoms with van der Waals surface area (Å²) in [6.45, 7) is 2.24. The minimum atomic E-state index is 0.264. The van der Waals surface area contributed by atoms with Crippen molar-refractivity contribution >= 4 is 22.4 Å². The van der Waals surface area contributed by atoms with Crippen LogP contribution in [0.4, 0.5) is 10.8 Å². The van der Waals surface area contributed by atoms with Gasteiger partial charge in [-0.15, -0.1) is 0 Å². The van der Waals surface area contributed by atoms with Crippen LogP contribution in [-0.4, -0.2) is 34.2 Å². The summed E-state index contributed by atoms with van der Waals surface area (Å²) in [5.41, 5.74) is 8.12. The molecule has 106 valence electrons. The maximum absolute atomic E-state index is 9.07. The first kappa shape index (κ1) is 13.3. The highest BCUT2D eigenvalue weighted by Crippen LogP contribution is 2.41. The Bertz CT molecular complexity index is 572.